The minimum absolute atomic E-state index is 0.335. The summed E-state index contributed by atoms with van der Waals surface area (Å²) in [4.78, 5) is 16.9. The molecular weight excluding hydrogens is 262 g/mol. The first-order valence-corrected chi connectivity index (χ1v) is 8.64. The number of amides is 1. The second-order valence-corrected chi connectivity index (χ2v) is 7.20. The van der Waals surface area contributed by atoms with Gasteiger partial charge in [0.25, 0.3) is 0 Å². The van der Waals surface area contributed by atoms with E-state index in [4.69, 9.17) is 5.73 Å². The topological polar surface area (TPSA) is 49.6 Å². The Bertz CT molecular complexity index is 296. The van der Waals surface area contributed by atoms with Gasteiger partial charge in [0.2, 0.25) is 5.91 Å². The second-order valence-electron chi connectivity index (χ2n) is 7.20. The zero-order valence-electron chi connectivity index (χ0n) is 14.5. The maximum absolute atomic E-state index is 12.3. The van der Waals surface area contributed by atoms with Crippen molar-refractivity contribution in [2.45, 2.75) is 47.0 Å². The van der Waals surface area contributed by atoms with E-state index >= 15 is 0 Å². The van der Waals surface area contributed by atoms with Gasteiger partial charge in [-0.3, -0.25) is 9.69 Å². The van der Waals surface area contributed by atoms with Gasteiger partial charge >= 0.3 is 0 Å². The molecule has 0 radical (unpaired) electrons. The molecule has 0 spiro atoms. The van der Waals surface area contributed by atoms with Crippen molar-refractivity contribution in [3.8, 4) is 0 Å². The summed E-state index contributed by atoms with van der Waals surface area (Å²) in [5.74, 6) is 2.24. The maximum Gasteiger partial charge on any atom is 0.222 e. The molecule has 0 aromatic heterocycles. The molecule has 0 aromatic carbocycles. The summed E-state index contributed by atoms with van der Waals surface area (Å²) in [6, 6.07) is 0. The van der Waals surface area contributed by atoms with E-state index in [2.05, 4.69) is 37.5 Å². The molecule has 1 fully saturated rings. The molecule has 1 aliphatic rings. The Morgan fingerprint density at radius 2 is 1.67 bits per heavy atom. The highest BCUT2D eigenvalue weighted by Gasteiger charge is 2.22. The largest absolute Gasteiger partial charge is 0.340 e. The first-order chi connectivity index (χ1) is 9.93. The van der Waals surface area contributed by atoms with Gasteiger partial charge in [0.15, 0.2) is 0 Å². The van der Waals surface area contributed by atoms with Crippen molar-refractivity contribution < 1.29 is 4.79 Å². The Morgan fingerprint density at radius 1 is 1.05 bits per heavy atom. The lowest BCUT2D eigenvalue weighted by atomic mass is 9.88. The molecule has 1 saturated heterocycles. The third kappa shape index (κ3) is 6.79. The van der Waals surface area contributed by atoms with Crippen LogP contribution in [-0.2, 0) is 4.79 Å². The number of nitrogens with two attached hydrogens (primary N) is 1. The molecule has 1 rings (SSSR count). The van der Waals surface area contributed by atoms with Crippen molar-refractivity contribution in [1.82, 2.24) is 9.80 Å². The predicted octanol–water partition coefficient (Wildman–Crippen LogP) is 2.19. The summed E-state index contributed by atoms with van der Waals surface area (Å²) >= 11 is 0. The van der Waals surface area contributed by atoms with Crippen LogP contribution in [0.4, 0.5) is 0 Å². The smallest absolute Gasteiger partial charge is 0.222 e. The summed E-state index contributed by atoms with van der Waals surface area (Å²) in [6.07, 6.45) is 2.71. The van der Waals surface area contributed by atoms with Gasteiger partial charge in [-0.25, -0.2) is 0 Å². The van der Waals surface area contributed by atoms with Gasteiger partial charge in [-0.05, 0) is 37.1 Å². The molecule has 1 unspecified atom stereocenters. The normalized spacial score (nSPS) is 18.5. The molecule has 2 N–H and O–H groups in total. The van der Waals surface area contributed by atoms with E-state index in [0.29, 0.717) is 30.1 Å². The van der Waals surface area contributed by atoms with Crippen molar-refractivity contribution >= 4 is 5.91 Å². The van der Waals surface area contributed by atoms with Gasteiger partial charge < -0.3 is 10.6 Å². The number of nitrogens with zero attached hydrogens (tertiary/aromatic N) is 2. The van der Waals surface area contributed by atoms with Gasteiger partial charge in [-0.2, -0.15) is 0 Å². The third-order valence-electron chi connectivity index (χ3n) is 4.56. The monoisotopic (exact) mass is 297 g/mol. The number of hydrogen-bond acceptors (Lipinski definition) is 3. The summed E-state index contributed by atoms with van der Waals surface area (Å²) in [7, 11) is 0. The van der Waals surface area contributed by atoms with E-state index in [1.807, 2.05) is 0 Å². The minimum Gasteiger partial charge on any atom is -0.340 e. The second kappa shape index (κ2) is 9.42. The molecule has 1 heterocycles. The fraction of sp³-hybridized carbons (Fsp3) is 0.941. The minimum atomic E-state index is 0.335. The summed E-state index contributed by atoms with van der Waals surface area (Å²) in [5, 5.41) is 0. The molecule has 0 aliphatic carbocycles. The van der Waals surface area contributed by atoms with Gasteiger partial charge in [0.1, 0.15) is 0 Å². The standard InChI is InChI=1S/C17H35N3O/c1-14(2)13-19-9-11-20(12-10-19)17(21)6-5-16(7-8-18)15(3)4/h14-16H,5-13,18H2,1-4H3. The van der Waals surface area contributed by atoms with Crippen LogP contribution < -0.4 is 5.73 Å². The van der Waals surface area contributed by atoms with E-state index in [1.165, 1.54) is 0 Å². The number of piperazine rings is 1. The van der Waals surface area contributed by atoms with Crippen molar-refractivity contribution in [2.24, 2.45) is 23.5 Å². The highest BCUT2D eigenvalue weighted by atomic mass is 16.2. The highest BCUT2D eigenvalue weighted by molar-refractivity contribution is 5.76. The van der Waals surface area contributed by atoms with Gasteiger partial charge in [0, 0.05) is 39.1 Å². The van der Waals surface area contributed by atoms with E-state index in [0.717, 1.165) is 52.1 Å². The Balaban J connectivity index is 2.30. The number of rotatable bonds is 8. The average molecular weight is 297 g/mol. The zero-order valence-corrected chi connectivity index (χ0v) is 14.5. The third-order valence-corrected chi connectivity index (χ3v) is 4.56. The summed E-state index contributed by atoms with van der Waals surface area (Å²) < 4.78 is 0. The van der Waals surface area contributed by atoms with E-state index in [-0.39, 0.29) is 0 Å². The molecule has 0 bridgehead atoms. The first kappa shape index (κ1) is 18.4. The molecule has 4 nitrogen and oxygen atoms in total. The maximum atomic E-state index is 12.3. The number of hydrogen-bond donors (Lipinski definition) is 1. The molecule has 1 atom stereocenters. The van der Waals surface area contributed by atoms with Crippen LogP contribution >= 0.6 is 0 Å². The lowest BCUT2D eigenvalue weighted by molar-refractivity contribution is -0.133. The SMILES string of the molecule is CC(C)CN1CCN(C(=O)CCC(CCN)C(C)C)CC1. The van der Waals surface area contributed by atoms with Crippen molar-refractivity contribution in [3.63, 3.8) is 0 Å². The van der Waals surface area contributed by atoms with E-state index in [1.54, 1.807) is 0 Å². The van der Waals surface area contributed by atoms with Crippen LogP contribution in [0.5, 0.6) is 0 Å². The number of carbonyl (C=O) groups is 1. The Labute approximate surface area is 131 Å². The van der Waals surface area contributed by atoms with Crippen molar-refractivity contribution in [2.75, 3.05) is 39.3 Å². The van der Waals surface area contributed by atoms with Crippen LogP contribution in [0.15, 0.2) is 0 Å². The summed E-state index contributed by atoms with van der Waals surface area (Å²) in [6.45, 7) is 14.7. The van der Waals surface area contributed by atoms with Crippen LogP contribution in [0.2, 0.25) is 0 Å². The van der Waals surface area contributed by atoms with Crippen LogP contribution in [0.25, 0.3) is 0 Å². The predicted molar refractivity (Wildman–Crippen MR) is 89.1 cm³/mol. The Hall–Kier alpha value is -0.610. The molecular formula is C17H35N3O. The molecule has 21 heavy (non-hydrogen) atoms. The van der Waals surface area contributed by atoms with Crippen LogP contribution in [0.1, 0.15) is 47.0 Å². The van der Waals surface area contributed by atoms with Gasteiger partial charge in [-0.15, -0.1) is 0 Å². The fourth-order valence-electron chi connectivity index (χ4n) is 3.19. The van der Waals surface area contributed by atoms with Gasteiger partial charge in [0.05, 0.1) is 0 Å². The van der Waals surface area contributed by atoms with Crippen molar-refractivity contribution in [3.05, 3.63) is 0 Å². The van der Waals surface area contributed by atoms with Crippen LogP contribution in [0, 0.1) is 17.8 Å². The highest BCUT2D eigenvalue weighted by Crippen LogP contribution is 2.21. The van der Waals surface area contributed by atoms with Gasteiger partial charge in [-0.1, -0.05) is 27.7 Å². The Kier molecular flexibility index (Phi) is 8.27. The quantitative estimate of drug-likeness (QED) is 0.747. The van der Waals surface area contributed by atoms with Crippen molar-refractivity contribution in [1.29, 1.82) is 0 Å². The zero-order chi connectivity index (χ0) is 15.8. The van der Waals surface area contributed by atoms with E-state index < -0.39 is 0 Å². The molecule has 4 heteroatoms. The first-order valence-electron chi connectivity index (χ1n) is 8.64. The number of carbonyl (C=O) groups excluding carboxylic acids is 1. The lowest BCUT2D eigenvalue weighted by Gasteiger charge is -2.36. The van der Waals surface area contributed by atoms with E-state index in [9.17, 15) is 4.79 Å². The fourth-order valence-corrected chi connectivity index (χ4v) is 3.19. The Morgan fingerprint density at radius 3 is 2.14 bits per heavy atom. The molecule has 0 aromatic rings. The molecule has 0 saturated carbocycles. The lowest BCUT2D eigenvalue weighted by Crippen LogP contribution is -2.49. The molecule has 1 amide bonds. The van der Waals surface area contributed by atoms with Crippen LogP contribution in [0.3, 0.4) is 0 Å². The van der Waals surface area contributed by atoms with Crippen LogP contribution in [-0.4, -0.2) is 55.0 Å². The average Bonchev–Trinajstić information content (AvgIpc) is 2.43. The summed E-state index contributed by atoms with van der Waals surface area (Å²) in [5.41, 5.74) is 5.67. The molecule has 1 aliphatic heterocycles. The molecule has 124 valence electrons.